The van der Waals surface area contributed by atoms with Crippen LogP contribution in [0.4, 0.5) is 5.69 Å². The van der Waals surface area contributed by atoms with Gasteiger partial charge in [-0.15, -0.1) is 0 Å². The molecule has 0 bridgehead atoms. The van der Waals surface area contributed by atoms with Crippen LogP contribution >= 0.6 is 0 Å². The number of hydrogen-bond acceptors (Lipinski definition) is 4. The molecule has 1 heterocycles. The Bertz CT molecular complexity index is 516. The van der Waals surface area contributed by atoms with Crippen molar-refractivity contribution < 1.29 is 13.2 Å². The van der Waals surface area contributed by atoms with Crippen molar-refractivity contribution >= 4 is 15.7 Å². The number of benzene rings is 1. The second kappa shape index (κ2) is 5.16. The number of anilines is 1. The number of para-hydroxylation sites is 2. The largest absolute Gasteiger partial charge is 0.492 e. The lowest BCUT2D eigenvalue weighted by atomic mass is 10.2. The lowest BCUT2D eigenvalue weighted by Gasteiger charge is -2.21. The van der Waals surface area contributed by atoms with E-state index in [1.165, 1.54) is 4.31 Å². The molecule has 1 aromatic rings. The molecule has 1 aromatic carbocycles. The van der Waals surface area contributed by atoms with Crippen LogP contribution in [0.5, 0.6) is 5.75 Å². The van der Waals surface area contributed by atoms with E-state index < -0.39 is 15.3 Å². The molecular weight excluding hydrogens is 252 g/mol. The smallest absolute Gasteiger partial charge is 0.239 e. The number of ether oxygens (including phenoxy) is 1. The zero-order valence-electron chi connectivity index (χ0n) is 10.4. The fourth-order valence-corrected chi connectivity index (χ4v) is 3.95. The third kappa shape index (κ3) is 2.18. The van der Waals surface area contributed by atoms with Crippen LogP contribution in [0.2, 0.25) is 0 Å². The molecule has 1 aliphatic rings. The normalized spacial score (nSPS) is 22.1. The lowest BCUT2D eigenvalue weighted by Crippen LogP contribution is -2.33. The average Bonchev–Trinajstić information content (AvgIpc) is 2.65. The van der Waals surface area contributed by atoms with E-state index in [-0.39, 0.29) is 6.54 Å². The maximum absolute atomic E-state index is 12.3. The summed E-state index contributed by atoms with van der Waals surface area (Å²) in [5.41, 5.74) is 6.12. The van der Waals surface area contributed by atoms with Gasteiger partial charge in [-0.1, -0.05) is 12.1 Å². The van der Waals surface area contributed by atoms with E-state index in [0.29, 0.717) is 31.0 Å². The number of sulfonamides is 1. The topological polar surface area (TPSA) is 72.6 Å². The van der Waals surface area contributed by atoms with Crippen LogP contribution in [0.25, 0.3) is 0 Å². The molecule has 18 heavy (non-hydrogen) atoms. The minimum absolute atomic E-state index is 0.162. The number of rotatable bonds is 4. The average molecular weight is 270 g/mol. The molecule has 0 saturated carbocycles. The van der Waals surface area contributed by atoms with Gasteiger partial charge in [-0.2, -0.15) is 0 Å². The Labute approximate surface area is 108 Å². The second-order valence-electron chi connectivity index (χ2n) is 4.16. The number of hydrogen-bond donors (Lipinski definition) is 1. The summed E-state index contributed by atoms with van der Waals surface area (Å²) in [6.07, 6.45) is 0.569. The summed E-state index contributed by atoms with van der Waals surface area (Å²) in [6, 6.07) is 7.19. The standard InChI is InChI=1S/C12H18N2O3S/c1-2-17-12-6-4-3-5-11(12)14-8-7-10(9-13)18(14,15)16/h3-6,10H,2,7-9,13H2,1H3/t10-/m1/s1. The van der Waals surface area contributed by atoms with E-state index >= 15 is 0 Å². The predicted octanol–water partition coefficient (Wildman–Crippen LogP) is 0.953. The Morgan fingerprint density at radius 1 is 1.44 bits per heavy atom. The quantitative estimate of drug-likeness (QED) is 0.884. The van der Waals surface area contributed by atoms with E-state index in [4.69, 9.17) is 10.5 Å². The Hall–Kier alpha value is -1.27. The monoisotopic (exact) mass is 270 g/mol. The Morgan fingerprint density at radius 3 is 2.78 bits per heavy atom. The molecule has 6 heteroatoms. The van der Waals surface area contributed by atoms with Gasteiger partial charge in [0, 0.05) is 13.1 Å². The van der Waals surface area contributed by atoms with Crippen LogP contribution in [-0.2, 0) is 10.0 Å². The summed E-state index contributed by atoms with van der Waals surface area (Å²) in [7, 11) is -3.34. The summed E-state index contributed by atoms with van der Waals surface area (Å²) in [4.78, 5) is 0. The van der Waals surface area contributed by atoms with Crippen molar-refractivity contribution in [3.63, 3.8) is 0 Å². The molecule has 1 aliphatic heterocycles. The van der Waals surface area contributed by atoms with Gasteiger partial charge >= 0.3 is 0 Å². The zero-order chi connectivity index (χ0) is 13.2. The molecule has 0 unspecified atom stereocenters. The van der Waals surface area contributed by atoms with Crippen LogP contribution in [0.1, 0.15) is 13.3 Å². The van der Waals surface area contributed by atoms with Crippen LogP contribution in [0, 0.1) is 0 Å². The van der Waals surface area contributed by atoms with Crippen molar-refractivity contribution in [1.29, 1.82) is 0 Å². The van der Waals surface area contributed by atoms with Gasteiger partial charge in [-0.05, 0) is 25.5 Å². The maximum atomic E-state index is 12.3. The number of nitrogens with zero attached hydrogens (tertiary/aromatic N) is 1. The molecule has 5 nitrogen and oxygen atoms in total. The van der Waals surface area contributed by atoms with Crippen molar-refractivity contribution in [3.05, 3.63) is 24.3 Å². The van der Waals surface area contributed by atoms with Gasteiger partial charge in [0.05, 0.1) is 17.5 Å². The van der Waals surface area contributed by atoms with Crippen molar-refractivity contribution in [1.82, 2.24) is 0 Å². The van der Waals surface area contributed by atoms with Crippen LogP contribution in [0.15, 0.2) is 24.3 Å². The third-order valence-electron chi connectivity index (χ3n) is 3.08. The molecule has 1 fully saturated rings. The van der Waals surface area contributed by atoms with E-state index in [1.807, 2.05) is 19.1 Å². The van der Waals surface area contributed by atoms with E-state index in [1.54, 1.807) is 12.1 Å². The highest BCUT2D eigenvalue weighted by Gasteiger charge is 2.38. The first kappa shape index (κ1) is 13.2. The predicted molar refractivity (Wildman–Crippen MR) is 71.3 cm³/mol. The Morgan fingerprint density at radius 2 is 2.17 bits per heavy atom. The zero-order valence-corrected chi connectivity index (χ0v) is 11.2. The van der Waals surface area contributed by atoms with Gasteiger partial charge in [-0.25, -0.2) is 8.42 Å². The van der Waals surface area contributed by atoms with Crippen molar-refractivity contribution in [2.45, 2.75) is 18.6 Å². The SMILES string of the molecule is CCOc1ccccc1N1CC[C@H](CN)S1(=O)=O. The Balaban J connectivity index is 2.38. The van der Waals surface area contributed by atoms with Gasteiger partial charge in [-0.3, -0.25) is 4.31 Å². The van der Waals surface area contributed by atoms with Crippen molar-refractivity contribution in [2.75, 3.05) is 24.0 Å². The molecule has 0 spiro atoms. The molecular formula is C12H18N2O3S. The molecule has 0 radical (unpaired) electrons. The van der Waals surface area contributed by atoms with E-state index in [9.17, 15) is 8.42 Å². The minimum Gasteiger partial charge on any atom is -0.492 e. The molecule has 0 aliphatic carbocycles. The molecule has 2 N–H and O–H groups in total. The molecule has 0 amide bonds. The highest BCUT2D eigenvalue weighted by atomic mass is 32.2. The highest BCUT2D eigenvalue weighted by molar-refractivity contribution is 7.93. The van der Waals surface area contributed by atoms with Crippen LogP contribution in [0.3, 0.4) is 0 Å². The fraction of sp³-hybridized carbons (Fsp3) is 0.500. The van der Waals surface area contributed by atoms with Crippen molar-refractivity contribution in [2.24, 2.45) is 5.73 Å². The summed E-state index contributed by atoms with van der Waals surface area (Å²) in [5.74, 6) is 0.598. The third-order valence-corrected chi connectivity index (χ3v) is 5.34. The van der Waals surface area contributed by atoms with Crippen LogP contribution in [-0.4, -0.2) is 33.4 Å². The van der Waals surface area contributed by atoms with Gasteiger partial charge in [0.1, 0.15) is 5.75 Å². The van der Waals surface area contributed by atoms with E-state index in [0.717, 1.165) is 0 Å². The van der Waals surface area contributed by atoms with Gasteiger partial charge in [0.25, 0.3) is 0 Å². The molecule has 1 saturated heterocycles. The molecule has 100 valence electrons. The molecule has 1 atom stereocenters. The fourth-order valence-electron chi connectivity index (χ4n) is 2.16. The highest BCUT2D eigenvalue weighted by Crippen LogP contribution is 2.35. The van der Waals surface area contributed by atoms with Gasteiger partial charge in [0.2, 0.25) is 10.0 Å². The molecule has 2 rings (SSSR count). The first-order valence-electron chi connectivity index (χ1n) is 6.04. The minimum atomic E-state index is -3.34. The van der Waals surface area contributed by atoms with E-state index in [2.05, 4.69) is 0 Å². The van der Waals surface area contributed by atoms with Gasteiger partial charge < -0.3 is 10.5 Å². The maximum Gasteiger partial charge on any atom is 0.239 e. The summed E-state index contributed by atoms with van der Waals surface area (Å²) in [6.45, 7) is 3.01. The summed E-state index contributed by atoms with van der Waals surface area (Å²) >= 11 is 0. The van der Waals surface area contributed by atoms with Gasteiger partial charge in [0.15, 0.2) is 0 Å². The number of nitrogens with two attached hydrogens (primary N) is 1. The first-order valence-corrected chi connectivity index (χ1v) is 7.55. The van der Waals surface area contributed by atoms with Crippen molar-refractivity contribution in [3.8, 4) is 5.75 Å². The molecule has 0 aromatic heterocycles. The summed E-state index contributed by atoms with van der Waals surface area (Å²) in [5, 5.41) is -0.479. The Kier molecular flexibility index (Phi) is 3.77. The summed E-state index contributed by atoms with van der Waals surface area (Å²) < 4.78 is 31.4. The second-order valence-corrected chi connectivity index (χ2v) is 6.30. The first-order chi connectivity index (χ1) is 8.61. The van der Waals surface area contributed by atoms with Crippen LogP contribution < -0.4 is 14.8 Å². The lowest BCUT2D eigenvalue weighted by molar-refractivity contribution is 0.341.